The molecule has 3 rings (SSSR count). The minimum atomic E-state index is 0.465. The maximum Gasteiger partial charge on any atom is 0.279 e. The topological polar surface area (TPSA) is 61.0 Å². The second-order valence-electron chi connectivity index (χ2n) is 4.21. The lowest BCUT2D eigenvalue weighted by Crippen LogP contribution is -1.91. The number of hydrogen-bond acceptors (Lipinski definition) is 6. The van der Waals surface area contributed by atoms with Crippen LogP contribution in [0, 0.1) is 0 Å². The van der Waals surface area contributed by atoms with Crippen LogP contribution in [0.1, 0.15) is 5.56 Å². The van der Waals surface area contributed by atoms with Crippen molar-refractivity contribution in [2.24, 2.45) is 0 Å². The molecule has 0 saturated carbocycles. The van der Waals surface area contributed by atoms with Crippen LogP contribution in [0.25, 0.3) is 11.5 Å². The van der Waals surface area contributed by atoms with E-state index < -0.39 is 0 Å². The first-order valence-electron chi connectivity index (χ1n) is 6.40. The summed E-state index contributed by atoms with van der Waals surface area (Å²) in [6.07, 6.45) is 3.38. The smallest absolute Gasteiger partial charge is 0.279 e. The standard InChI is InChI=1S/C15H13N3O2S/c1-2-4-12(5-3-1)10-19-11-21-15-18-17-14(20-15)13-6-8-16-9-7-13/h1-9H,10-11H2. The highest BCUT2D eigenvalue weighted by Crippen LogP contribution is 2.22. The highest BCUT2D eigenvalue weighted by Gasteiger charge is 2.08. The van der Waals surface area contributed by atoms with Gasteiger partial charge in [-0.05, 0) is 29.5 Å². The molecule has 0 bridgehead atoms. The SMILES string of the molecule is c1ccc(COCSc2nnc(-c3ccncc3)o2)cc1. The van der Waals surface area contributed by atoms with Crippen molar-refractivity contribution >= 4 is 11.8 Å². The highest BCUT2D eigenvalue weighted by atomic mass is 32.2. The van der Waals surface area contributed by atoms with Gasteiger partial charge in [-0.3, -0.25) is 4.98 Å². The summed E-state index contributed by atoms with van der Waals surface area (Å²) < 4.78 is 11.1. The summed E-state index contributed by atoms with van der Waals surface area (Å²) >= 11 is 1.38. The summed E-state index contributed by atoms with van der Waals surface area (Å²) in [5, 5.41) is 8.48. The third kappa shape index (κ3) is 3.90. The van der Waals surface area contributed by atoms with Crippen molar-refractivity contribution in [2.75, 3.05) is 5.94 Å². The zero-order valence-electron chi connectivity index (χ0n) is 11.2. The first-order valence-corrected chi connectivity index (χ1v) is 7.39. The molecule has 0 aliphatic carbocycles. The van der Waals surface area contributed by atoms with Crippen molar-refractivity contribution in [1.82, 2.24) is 15.2 Å². The fourth-order valence-electron chi connectivity index (χ4n) is 1.71. The quantitative estimate of drug-likeness (QED) is 0.395. The molecular weight excluding hydrogens is 286 g/mol. The second kappa shape index (κ2) is 7.01. The van der Waals surface area contributed by atoms with Crippen molar-refractivity contribution in [3.63, 3.8) is 0 Å². The molecule has 0 amide bonds. The van der Waals surface area contributed by atoms with Gasteiger partial charge in [0.1, 0.15) is 5.94 Å². The van der Waals surface area contributed by atoms with Crippen molar-refractivity contribution in [3.8, 4) is 11.5 Å². The molecule has 21 heavy (non-hydrogen) atoms. The van der Waals surface area contributed by atoms with Gasteiger partial charge in [0.2, 0.25) is 5.89 Å². The van der Waals surface area contributed by atoms with Gasteiger partial charge in [-0.25, -0.2) is 0 Å². The number of pyridine rings is 1. The first-order chi connectivity index (χ1) is 10.4. The van der Waals surface area contributed by atoms with Crippen LogP contribution in [-0.2, 0) is 11.3 Å². The first kappa shape index (κ1) is 13.8. The molecule has 106 valence electrons. The number of ether oxygens (including phenoxy) is 1. The molecule has 2 aromatic heterocycles. The molecule has 0 N–H and O–H groups in total. The van der Waals surface area contributed by atoms with Crippen molar-refractivity contribution in [1.29, 1.82) is 0 Å². The van der Waals surface area contributed by atoms with Gasteiger partial charge >= 0.3 is 0 Å². The van der Waals surface area contributed by atoms with Gasteiger partial charge in [0.15, 0.2) is 0 Å². The van der Waals surface area contributed by atoms with Gasteiger partial charge in [-0.15, -0.1) is 10.2 Å². The molecule has 0 aliphatic rings. The fraction of sp³-hybridized carbons (Fsp3) is 0.133. The molecule has 0 spiro atoms. The third-order valence-electron chi connectivity index (χ3n) is 2.71. The molecule has 5 nitrogen and oxygen atoms in total. The van der Waals surface area contributed by atoms with Crippen LogP contribution in [0.3, 0.4) is 0 Å². The largest absolute Gasteiger partial charge is 0.411 e. The summed E-state index contributed by atoms with van der Waals surface area (Å²) in [6.45, 7) is 0.569. The number of benzene rings is 1. The zero-order valence-corrected chi connectivity index (χ0v) is 12.0. The summed E-state index contributed by atoms with van der Waals surface area (Å²) in [6, 6.07) is 13.7. The number of aromatic nitrogens is 3. The Balaban J connectivity index is 1.49. The van der Waals surface area contributed by atoms with E-state index in [0.717, 1.165) is 11.1 Å². The summed E-state index contributed by atoms with van der Waals surface area (Å²) in [5.74, 6) is 0.954. The molecule has 2 heterocycles. The summed E-state index contributed by atoms with van der Waals surface area (Å²) in [7, 11) is 0. The molecule has 0 saturated heterocycles. The molecule has 0 atom stereocenters. The van der Waals surface area contributed by atoms with Crippen molar-refractivity contribution in [3.05, 3.63) is 60.4 Å². The Morgan fingerprint density at radius 2 is 1.81 bits per heavy atom. The van der Waals surface area contributed by atoms with Gasteiger partial charge in [0, 0.05) is 18.0 Å². The Morgan fingerprint density at radius 1 is 1.00 bits per heavy atom. The third-order valence-corrected chi connectivity index (χ3v) is 3.41. The van der Waals surface area contributed by atoms with Crippen LogP contribution in [0.2, 0.25) is 0 Å². The van der Waals surface area contributed by atoms with E-state index in [1.165, 1.54) is 11.8 Å². The Bertz CT molecular complexity index is 674. The van der Waals surface area contributed by atoms with E-state index in [-0.39, 0.29) is 0 Å². The monoisotopic (exact) mass is 299 g/mol. The van der Waals surface area contributed by atoms with E-state index in [0.29, 0.717) is 23.7 Å². The van der Waals surface area contributed by atoms with Crippen molar-refractivity contribution < 1.29 is 9.15 Å². The van der Waals surface area contributed by atoms with Gasteiger partial charge in [0.25, 0.3) is 5.22 Å². The van der Waals surface area contributed by atoms with Gasteiger partial charge in [0.05, 0.1) is 6.61 Å². The average Bonchev–Trinajstić information content (AvgIpc) is 3.02. The Labute approximate surface area is 126 Å². The Kier molecular flexibility index (Phi) is 4.60. The van der Waals surface area contributed by atoms with E-state index in [9.17, 15) is 0 Å². The zero-order chi connectivity index (χ0) is 14.3. The van der Waals surface area contributed by atoms with Crippen LogP contribution in [0.5, 0.6) is 0 Å². The van der Waals surface area contributed by atoms with E-state index in [2.05, 4.69) is 15.2 Å². The lowest BCUT2D eigenvalue weighted by molar-refractivity contribution is 0.168. The number of thioether (sulfide) groups is 1. The number of rotatable bonds is 6. The second-order valence-corrected chi connectivity index (χ2v) is 5.08. The average molecular weight is 299 g/mol. The Morgan fingerprint density at radius 3 is 2.62 bits per heavy atom. The maximum absolute atomic E-state index is 5.56. The van der Waals surface area contributed by atoms with Crippen molar-refractivity contribution in [2.45, 2.75) is 11.8 Å². The van der Waals surface area contributed by atoms with E-state index in [1.54, 1.807) is 12.4 Å². The molecule has 0 radical (unpaired) electrons. The summed E-state index contributed by atoms with van der Waals surface area (Å²) in [4.78, 5) is 3.95. The predicted molar refractivity (Wildman–Crippen MR) is 79.5 cm³/mol. The molecule has 1 aromatic carbocycles. The van der Waals surface area contributed by atoms with Gasteiger partial charge in [-0.2, -0.15) is 0 Å². The van der Waals surface area contributed by atoms with Crippen LogP contribution < -0.4 is 0 Å². The van der Waals surface area contributed by atoms with Gasteiger partial charge < -0.3 is 9.15 Å². The lowest BCUT2D eigenvalue weighted by atomic mass is 10.2. The van der Waals surface area contributed by atoms with E-state index in [4.69, 9.17) is 9.15 Å². The van der Waals surface area contributed by atoms with E-state index in [1.807, 2.05) is 42.5 Å². The van der Waals surface area contributed by atoms with Crippen LogP contribution >= 0.6 is 11.8 Å². The molecule has 0 aliphatic heterocycles. The lowest BCUT2D eigenvalue weighted by Gasteiger charge is -2.01. The molecule has 3 aromatic rings. The minimum absolute atomic E-state index is 0.465. The fourth-order valence-corrected chi connectivity index (χ4v) is 2.21. The normalized spacial score (nSPS) is 10.7. The maximum atomic E-state index is 5.56. The summed E-state index contributed by atoms with van der Waals surface area (Å²) in [5.41, 5.74) is 2.00. The molecule has 0 unspecified atom stereocenters. The molecule has 6 heteroatoms. The predicted octanol–water partition coefficient (Wildman–Crippen LogP) is 3.40. The van der Waals surface area contributed by atoms with Crippen LogP contribution in [0.4, 0.5) is 0 Å². The Hall–Kier alpha value is -2.18. The highest BCUT2D eigenvalue weighted by molar-refractivity contribution is 7.98. The van der Waals surface area contributed by atoms with Crippen LogP contribution in [-0.4, -0.2) is 21.1 Å². The molecular formula is C15H13N3O2S. The van der Waals surface area contributed by atoms with Gasteiger partial charge in [-0.1, -0.05) is 30.3 Å². The van der Waals surface area contributed by atoms with E-state index >= 15 is 0 Å². The van der Waals surface area contributed by atoms with Crippen LogP contribution in [0.15, 0.2) is 64.5 Å². The molecule has 0 fully saturated rings. The number of nitrogens with zero attached hydrogens (tertiary/aromatic N) is 3. The number of hydrogen-bond donors (Lipinski definition) is 0. The minimum Gasteiger partial charge on any atom is -0.411 e.